The Balaban J connectivity index is 1.94. The molecule has 0 saturated carbocycles. The van der Waals surface area contributed by atoms with Crippen molar-refractivity contribution in [3.05, 3.63) is 77.0 Å². The van der Waals surface area contributed by atoms with Gasteiger partial charge in [0.05, 0.1) is 16.8 Å². The van der Waals surface area contributed by atoms with Gasteiger partial charge in [-0.15, -0.1) is 0 Å². The zero-order chi connectivity index (χ0) is 19.4. The van der Waals surface area contributed by atoms with Crippen LogP contribution in [0.5, 0.6) is 0 Å². The van der Waals surface area contributed by atoms with Crippen molar-refractivity contribution in [2.45, 2.75) is 20.4 Å². The molecule has 3 rings (SSSR count). The number of rotatable bonds is 6. The second-order valence-corrected chi connectivity index (χ2v) is 7.33. The number of nitrogens with zero attached hydrogens (tertiary/aromatic N) is 3. The molecule has 0 N–H and O–H groups in total. The zero-order valence-corrected chi connectivity index (χ0v) is 16.6. The summed E-state index contributed by atoms with van der Waals surface area (Å²) in [6, 6.07) is 18.3. The van der Waals surface area contributed by atoms with E-state index in [4.69, 9.17) is 0 Å². The molecule has 140 valence electrons. The maximum Gasteiger partial charge on any atom is 0.256 e. The molecule has 2 aromatic carbocycles. The van der Waals surface area contributed by atoms with Gasteiger partial charge in [0.25, 0.3) is 5.91 Å². The summed E-state index contributed by atoms with van der Waals surface area (Å²) in [4.78, 5) is 22.1. The van der Waals surface area contributed by atoms with E-state index in [1.807, 2.05) is 56.3 Å². The highest BCUT2D eigenvalue weighted by molar-refractivity contribution is 5.98. The summed E-state index contributed by atoms with van der Waals surface area (Å²) in [5.41, 5.74) is 4.69. The Kier molecular flexibility index (Phi) is 5.87. The standard InChI is InChI=1S/C23H27N3O/c1-17-10-11-22-20(14-17)15-21(18(2)24-22)23(27)26(13-12-25(3)4)16-19-8-6-5-7-9-19/h5-11,14-15H,12-13,16H2,1-4H3. The Morgan fingerprint density at radius 3 is 2.41 bits per heavy atom. The lowest BCUT2D eigenvalue weighted by molar-refractivity contribution is 0.0731. The van der Waals surface area contributed by atoms with Crippen LogP contribution in [0.2, 0.25) is 0 Å². The molecule has 0 spiro atoms. The van der Waals surface area contributed by atoms with E-state index in [0.29, 0.717) is 18.7 Å². The third kappa shape index (κ3) is 4.72. The fourth-order valence-corrected chi connectivity index (χ4v) is 3.16. The molecule has 0 unspecified atom stereocenters. The van der Waals surface area contributed by atoms with Crippen LogP contribution in [-0.2, 0) is 6.54 Å². The highest BCUT2D eigenvalue weighted by Gasteiger charge is 2.19. The molecule has 0 aliphatic carbocycles. The average molecular weight is 361 g/mol. The molecular weight excluding hydrogens is 334 g/mol. The molecule has 1 aromatic heterocycles. The maximum absolute atomic E-state index is 13.4. The van der Waals surface area contributed by atoms with Crippen LogP contribution >= 0.6 is 0 Å². The van der Waals surface area contributed by atoms with Gasteiger partial charge in [-0.3, -0.25) is 9.78 Å². The van der Waals surface area contributed by atoms with Crippen LogP contribution in [0.3, 0.4) is 0 Å². The second-order valence-electron chi connectivity index (χ2n) is 7.33. The molecule has 1 amide bonds. The van der Waals surface area contributed by atoms with Crippen molar-refractivity contribution in [3.63, 3.8) is 0 Å². The van der Waals surface area contributed by atoms with E-state index in [-0.39, 0.29) is 5.91 Å². The van der Waals surface area contributed by atoms with Crippen molar-refractivity contribution < 1.29 is 4.79 Å². The van der Waals surface area contributed by atoms with Crippen LogP contribution in [0, 0.1) is 13.8 Å². The average Bonchev–Trinajstić information content (AvgIpc) is 2.65. The van der Waals surface area contributed by atoms with Crippen molar-refractivity contribution in [2.24, 2.45) is 0 Å². The van der Waals surface area contributed by atoms with E-state index in [9.17, 15) is 4.79 Å². The van der Waals surface area contributed by atoms with E-state index in [1.54, 1.807) is 0 Å². The van der Waals surface area contributed by atoms with Gasteiger partial charge in [0.2, 0.25) is 0 Å². The second kappa shape index (κ2) is 8.31. The Morgan fingerprint density at radius 1 is 0.963 bits per heavy atom. The largest absolute Gasteiger partial charge is 0.333 e. The molecule has 0 bridgehead atoms. The quantitative estimate of drug-likeness (QED) is 0.664. The molecule has 27 heavy (non-hydrogen) atoms. The fraction of sp³-hybridized carbons (Fsp3) is 0.304. The van der Waals surface area contributed by atoms with E-state index in [0.717, 1.165) is 28.7 Å². The Morgan fingerprint density at radius 2 is 1.70 bits per heavy atom. The normalized spacial score (nSPS) is 11.1. The van der Waals surface area contributed by atoms with Gasteiger partial charge in [0.15, 0.2) is 0 Å². The van der Waals surface area contributed by atoms with E-state index < -0.39 is 0 Å². The molecule has 3 aromatic rings. The first-order chi connectivity index (χ1) is 12.9. The summed E-state index contributed by atoms with van der Waals surface area (Å²) in [7, 11) is 4.05. The number of amides is 1. The highest BCUT2D eigenvalue weighted by atomic mass is 16.2. The lowest BCUT2D eigenvalue weighted by Crippen LogP contribution is -2.36. The predicted octanol–water partition coefficient (Wildman–Crippen LogP) is 4.06. The topological polar surface area (TPSA) is 36.4 Å². The van der Waals surface area contributed by atoms with Crippen LogP contribution in [0.1, 0.15) is 27.2 Å². The third-order valence-corrected chi connectivity index (χ3v) is 4.71. The summed E-state index contributed by atoms with van der Waals surface area (Å²) in [6.45, 7) is 6.06. The number of hydrogen-bond donors (Lipinski definition) is 0. The molecular formula is C23H27N3O. The lowest BCUT2D eigenvalue weighted by Gasteiger charge is -2.25. The first kappa shape index (κ1) is 19.1. The monoisotopic (exact) mass is 361 g/mol. The number of aromatic nitrogens is 1. The maximum atomic E-state index is 13.4. The van der Waals surface area contributed by atoms with Gasteiger partial charge in [0, 0.05) is 25.0 Å². The zero-order valence-electron chi connectivity index (χ0n) is 16.6. The van der Waals surface area contributed by atoms with Crippen LogP contribution in [0.15, 0.2) is 54.6 Å². The number of carbonyl (C=O) groups excluding carboxylic acids is 1. The van der Waals surface area contributed by atoms with Gasteiger partial charge in [-0.25, -0.2) is 0 Å². The molecule has 4 nitrogen and oxygen atoms in total. The Bertz CT molecular complexity index is 935. The van der Waals surface area contributed by atoms with E-state index >= 15 is 0 Å². The number of likely N-dealkylation sites (N-methyl/N-ethyl adjacent to an activating group) is 1. The molecule has 0 saturated heterocycles. The lowest BCUT2D eigenvalue weighted by atomic mass is 10.1. The van der Waals surface area contributed by atoms with Crippen molar-refractivity contribution >= 4 is 16.8 Å². The van der Waals surface area contributed by atoms with Crippen molar-refractivity contribution in [3.8, 4) is 0 Å². The molecule has 4 heteroatoms. The van der Waals surface area contributed by atoms with Crippen LogP contribution in [-0.4, -0.2) is 47.9 Å². The summed E-state index contributed by atoms with van der Waals surface area (Å²) in [6.07, 6.45) is 0. The summed E-state index contributed by atoms with van der Waals surface area (Å²) < 4.78 is 0. The van der Waals surface area contributed by atoms with E-state index in [2.05, 4.69) is 41.1 Å². The van der Waals surface area contributed by atoms with Gasteiger partial charge in [-0.05, 0) is 51.7 Å². The molecule has 0 aliphatic heterocycles. The fourth-order valence-electron chi connectivity index (χ4n) is 3.16. The van der Waals surface area contributed by atoms with Crippen LogP contribution < -0.4 is 0 Å². The van der Waals surface area contributed by atoms with Crippen LogP contribution in [0.25, 0.3) is 10.9 Å². The first-order valence-corrected chi connectivity index (χ1v) is 9.30. The van der Waals surface area contributed by atoms with Crippen molar-refractivity contribution in [1.29, 1.82) is 0 Å². The highest BCUT2D eigenvalue weighted by Crippen LogP contribution is 2.20. The summed E-state index contributed by atoms with van der Waals surface area (Å²) >= 11 is 0. The van der Waals surface area contributed by atoms with Gasteiger partial charge >= 0.3 is 0 Å². The minimum absolute atomic E-state index is 0.0362. The minimum atomic E-state index is 0.0362. The Labute approximate surface area is 161 Å². The SMILES string of the molecule is Cc1ccc2nc(C)c(C(=O)N(CCN(C)C)Cc3ccccc3)cc2c1. The smallest absolute Gasteiger partial charge is 0.256 e. The third-order valence-electron chi connectivity index (χ3n) is 4.71. The molecule has 0 aliphatic rings. The van der Waals surface area contributed by atoms with Crippen molar-refractivity contribution in [2.75, 3.05) is 27.2 Å². The first-order valence-electron chi connectivity index (χ1n) is 9.30. The Hall–Kier alpha value is -2.72. The number of benzene rings is 2. The van der Waals surface area contributed by atoms with Gasteiger partial charge in [0.1, 0.15) is 0 Å². The van der Waals surface area contributed by atoms with Crippen molar-refractivity contribution in [1.82, 2.24) is 14.8 Å². The molecule has 0 atom stereocenters. The molecule has 1 heterocycles. The van der Waals surface area contributed by atoms with E-state index in [1.165, 1.54) is 5.56 Å². The van der Waals surface area contributed by atoms with Crippen LogP contribution in [0.4, 0.5) is 0 Å². The summed E-state index contributed by atoms with van der Waals surface area (Å²) in [5, 5.41) is 1.01. The number of aryl methyl sites for hydroxylation is 2. The predicted molar refractivity (Wildman–Crippen MR) is 111 cm³/mol. The van der Waals surface area contributed by atoms with Gasteiger partial charge in [-0.2, -0.15) is 0 Å². The number of fused-ring (bicyclic) bond motifs is 1. The summed E-state index contributed by atoms with van der Waals surface area (Å²) in [5.74, 6) is 0.0362. The number of hydrogen-bond acceptors (Lipinski definition) is 3. The van der Waals surface area contributed by atoms with Gasteiger partial charge < -0.3 is 9.80 Å². The number of carbonyl (C=O) groups is 1. The number of pyridine rings is 1. The molecule has 0 radical (unpaired) electrons. The minimum Gasteiger partial charge on any atom is -0.333 e. The van der Waals surface area contributed by atoms with Gasteiger partial charge in [-0.1, -0.05) is 42.0 Å². The molecule has 0 fully saturated rings.